The molecule has 3 heteroatoms. The first-order valence-corrected chi connectivity index (χ1v) is 16.1. The second-order valence-electron chi connectivity index (χ2n) is 10.9. The van der Waals surface area contributed by atoms with Gasteiger partial charge in [0.15, 0.2) is 7.14 Å². The lowest BCUT2D eigenvalue weighted by Crippen LogP contribution is -2.16. The largest absolute Gasteiger partial charge is 0.378 e. The molecule has 5 rings (SSSR count). The summed E-state index contributed by atoms with van der Waals surface area (Å²) in [5.74, 6) is 0. The predicted octanol–water partition coefficient (Wildman–Crippen LogP) is 9.50. The summed E-state index contributed by atoms with van der Waals surface area (Å²) in [6.07, 6.45) is 10.7. The van der Waals surface area contributed by atoms with Crippen molar-refractivity contribution < 1.29 is 4.57 Å². The van der Waals surface area contributed by atoms with Gasteiger partial charge >= 0.3 is 0 Å². The summed E-state index contributed by atoms with van der Waals surface area (Å²) in [6, 6.07) is 30.0. The molecule has 2 nitrogen and oxygen atoms in total. The highest BCUT2D eigenvalue weighted by Crippen LogP contribution is 2.62. The highest BCUT2D eigenvalue weighted by atomic mass is 31.2. The molecule has 4 aromatic rings. The van der Waals surface area contributed by atoms with Crippen LogP contribution in [0.5, 0.6) is 0 Å². The second-order valence-corrected chi connectivity index (χ2v) is 13.6. The van der Waals surface area contributed by atoms with Gasteiger partial charge < -0.3 is 9.46 Å². The molecule has 1 aliphatic heterocycles. The lowest BCUT2D eigenvalue weighted by atomic mass is 9.95. The van der Waals surface area contributed by atoms with Crippen molar-refractivity contribution >= 4 is 51.9 Å². The van der Waals surface area contributed by atoms with Crippen molar-refractivity contribution in [1.82, 2.24) is 0 Å². The van der Waals surface area contributed by atoms with E-state index in [9.17, 15) is 0 Å². The second kappa shape index (κ2) is 11.8. The van der Waals surface area contributed by atoms with E-state index in [0.29, 0.717) is 0 Å². The van der Waals surface area contributed by atoms with E-state index in [1.165, 1.54) is 33.1 Å². The van der Waals surface area contributed by atoms with Crippen LogP contribution in [-0.4, -0.2) is 14.1 Å². The molecule has 0 radical (unpaired) electrons. The Bertz CT molecular complexity index is 1560. The summed E-state index contributed by atoms with van der Waals surface area (Å²) in [6.45, 7) is 4.47. The van der Waals surface area contributed by atoms with Crippen molar-refractivity contribution in [2.75, 3.05) is 19.0 Å². The fourth-order valence-electron chi connectivity index (χ4n) is 5.69. The van der Waals surface area contributed by atoms with Crippen LogP contribution in [0.2, 0.25) is 0 Å². The maximum Gasteiger partial charge on any atom is 0.168 e. The first kappa shape index (κ1) is 27.2. The van der Waals surface area contributed by atoms with Gasteiger partial charge in [-0.3, -0.25) is 0 Å². The Morgan fingerprint density at radius 3 is 2.08 bits per heavy atom. The summed E-state index contributed by atoms with van der Waals surface area (Å²) in [7, 11) is 1.23. The van der Waals surface area contributed by atoms with E-state index in [2.05, 4.69) is 112 Å². The molecular weight excluding hydrogens is 493 g/mol. The third-order valence-electron chi connectivity index (χ3n) is 7.92. The molecule has 0 fully saturated rings. The zero-order valence-corrected chi connectivity index (χ0v) is 24.7. The van der Waals surface area contributed by atoms with Crippen LogP contribution in [0.15, 0.2) is 90.2 Å². The van der Waals surface area contributed by atoms with Gasteiger partial charge in [0.2, 0.25) is 0 Å². The first-order valence-electron chi connectivity index (χ1n) is 14.4. The Hall–Kier alpha value is -3.35. The number of unbranched alkanes of at least 4 members (excludes halogenated alkanes) is 2. The van der Waals surface area contributed by atoms with Gasteiger partial charge in [0, 0.05) is 35.7 Å². The van der Waals surface area contributed by atoms with Crippen LogP contribution in [0.3, 0.4) is 0 Å². The molecule has 4 aromatic carbocycles. The molecule has 1 unspecified atom stereocenters. The highest BCUT2D eigenvalue weighted by Gasteiger charge is 2.41. The van der Waals surface area contributed by atoms with Crippen LogP contribution in [-0.2, 0) is 4.57 Å². The molecule has 0 N–H and O–H groups in total. The standard InChI is InChI=1S/C36H40NOP/c1-5-7-14-33-34-25-29-21-18-28(17-16-27-19-22-31(23-20-27)37(3)4)24-30(29)26-36(34)39(38,35(33)15-8-6-2)32-12-10-9-11-13-32/h9-13,16-26H,5-8,14-15H2,1-4H3/b17-16+. The maximum atomic E-state index is 15.3. The predicted molar refractivity (Wildman–Crippen MR) is 173 cm³/mol. The van der Waals surface area contributed by atoms with Crippen LogP contribution in [0, 0.1) is 0 Å². The average molecular weight is 534 g/mol. The lowest BCUT2D eigenvalue weighted by molar-refractivity contribution is 0.589. The third kappa shape index (κ3) is 5.41. The van der Waals surface area contributed by atoms with Crippen LogP contribution in [0.1, 0.15) is 69.1 Å². The summed E-state index contributed by atoms with van der Waals surface area (Å²) in [5.41, 5.74) is 6.09. The number of fused-ring (bicyclic) bond motifs is 2. The number of nitrogens with zero attached hydrogens (tertiary/aromatic N) is 1. The summed E-state index contributed by atoms with van der Waals surface area (Å²) >= 11 is 0. The molecule has 0 bridgehead atoms. The molecule has 1 heterocycles. The van der Waals surface area contributed by atoms with Crippen LogP contribution in [0.4, 0.5) is 5.69 Å². The molecule has 0 aliphatic carbocycles. The van der Waals surface area contributed by atoms with Gasteiger partial charge in [0.25, 0.3) is 0 Å². The molecule has 0 saturated heterocycles. The minimum Gasteiger partial charge on any atom is -0.378 e. The Kier molecular flexibility index (Phi) is 8.24. The number of hydrogen-bond acceptors (Lipinski definition) is 2. The van der Waals surface area contributed by atoms with E-state index >= 15 is 4.57 Å². The normalized spacial score (nSPS) is 16.8. The van der Waals surface area contributed by atoms with E-state index in [4.69, 9.17) is 0 Å². The third-order valence-corrected chi connectivity index (χ3v) is 11.2. The van der Waals surface area contributed by atoms with Gasteiger partial charge in [-0.1, -0.05) is 93.4 Å². The molecule has 1 aliphatic rings. The van der Waals surface area contributed by atoms with Gasteiger partial charge in [-0.2, -0.15) is 0 Å². The van der Waals surface area contributed by atoms with E-state index in [1.807, 2.05) is 18.2 Å². The SMILES string of the molecule is CCCCC1=C(CCCC)P(=O)(c2ccccc2)c2cc3cc(/C=C/c4ccc(N(C)C)cc4)ccc3cc21. The number of allylic oxidation sites excluding steroid dienone is 2. The fraction of sp³-hybridized carbons (Fsp3) is 0.278. The molecule has 0 saturated carbocycles. The van der Waals surface area contributed by atoms with Crippen molar-refractivity contribution in [3.05, 3.63) is 107 Å². The van der Waals surface area contributed by atoms with E-state index < -0.39 is 7.14 Å². The van der Waals surface area contributed by atoms with E-state index in [0.717, 1.165) is 60.1 Å². The molecule has 1 atom stereocenters. The summed E-state index contributed by atoms with van der Waals surface area (Å²) in [5, 5.41) is 5.59. The zero-order chi connectivity index (χ0) is 27.4. The first-order chi connectivity index (χ1) is 19.0. The van der Waals surface area contributed by atoms with Crippen LogP contribution in [0.25, 0.3) is 28.5 Å². The van der Waals surface area contributed by atoms with Crippen molar-refractivity contribution in [3.63, 3.8) is 0 Å². The Balaban J connectivity index is 1.59. The minimum absolute atomic E-state index is 0.910. The maximum absolute atomic E-state index is 15.3. The quantitative estimate of drug-likeness (QED) is 0.149. The topological polar surface area (TPSA) is 20.3 Å². The van der Waals surface area contributed by atoms with E-state index in [-0.39, 0.29) is 0 Å². The summed E-state index contributed by atoms with van der Waals surface area (Å²) in [4.78, 5) is 2.11. The average Bonchev–Trinajstić information content (AvgIpc) is 3.20. The number of hydrogen-bond donors (Lipinski definition) is 0. The monoisotopic (exact) mass is 533 g/mol. The zero-order valence-electron chi connectivity index (χ0n) is 23.8. The van der Waals surface area contributed by atoms with Crippen LogP contribution >= 0.6 is 7.14 Å². The van der Waals surface area contributed by atoms with Gasteiger partial charge in [0.1, 0.15) is 0 Å². The van der Waals surface area contributed by atoms with Gasteiger partial charge in [0.05, 0.1) is 0 Å². The number of anilines is 1. The molecular formula is C36H40NOP. The minimum atomic E-state index is -2.89. The Labute approximate surface area is 234 Å². The number of rotatable bonds is 10. The number of benzene rings is 4. The highest BCUT2D eigenvalue weighted by molar-refractivity contribution is 7.83. The molecule has 0 spiro atoms. The Morgan fingerprint density at radius 1 is 0.718 bits per heavy atom. The smallest absolute Gasteiger partial charge is 0.168 e. The van der Waals surface area contributed by atoms with Crippen molar-refractivity contribution in [3.8, 4) is 0 Å². The summed E-state index contributed by atoms with van der Waals surface area (Å²) < 4.78 is 15.3. The van der Waals surface area contributed by atoms with Crippen molar-refractivity contribution in [2.45, 2.75) is 52.4 Å². The fourth-order valence-corrected chi connectivity index (χ4v) is 9.11. The molecule has 0 aromatic heterocycles. The molecule has 0 amide bonds. The van der Waals surface area contributed by atoms with Gasteiger partial charge in [-0.25, -0.2) is 0 Å². The van der Waals surface area contributed by atoms with Gasteiger partial charge in [-0.15, -0.1) is 0 Å². The van der Waals surface area contributed by atoms with Crippen molar-refractivity contribution in [1.29, 1.82) is 0 Å². The van der Waals surface area contributed by atoms with E-state index in [1.54, 1.807) is 0 Å². The molecule has 200 valence electrons. The van der Waals surface area contributed by atoms with Crippen LogP contribution < -0.4 is 15.5 Å². The molecule has 39 heavy (non-hydrogen) atoms. The Morgan fingerprint density at radius 2 is 1.38 bits per heavy atom. The van der Waals surface area contributed by atoms with Crippen molar-refractivity contribution in [2.24, 2.45) is 0 Å². The lowest BCUT2D eigenvalue weighted by Gasteiger charge is -2.19. The van der Waals surface area contributed by atoms with Gasteiger partial charge in [-0.05, 0) is 89.1 Å².